The molecule has 0 bridgehead atoms. The van der Waals surface area contributed by atoms with Crippen LogP contribution in [0.3, 0.4) is 0 Å². The van der Waals surface area contributed by atoms with Gasteiger partial charge in [0.2, 0.25) is 5.91 Å². The second-order valence-corrected chi connectivity index (χ2v) is 9.19. The van der Waals surface area contributed by atoms with E-state index in [1.54, 1.807) is 29.9 Å². The van der Waals surface area contributed by atoms with Crippen LogP contribution in [0.25, 0.3) is 21.2 Å². The topological polar surface area (TPSA) is 54.8 Å². The van der Waals surface area contributed by atoms with Crippen LogP contribution < -0.4 is 10.3 Å². The standard InChI is InChI=1S/C24H29N3O3S/c1-5-26-15-21(18-7-6-16(2)22(12-18)30-4)23-20(24(26)29)13-19(31-23)14-25-8-10-27(11-9-25)17(3)28/h6-7,12-13,15H,5,8-11,14H2,1-4H3. The number of carbonyl (C=O) groups excluding carboxylic acids is 1. The number of amides is 1. The maximum atomic E-state index is 13.0. The SMILES string of the molecule is CCn1cc(-c2ccc(C)c(OC)c2)c2sc(CN3CCN(C(C)=O)CC3)cc2c1=O. The van der Waals surface area contributed by atoms with Crippen molar-refractivity contribution in [2.24, 2.45) is 0 Å². The first kappa shape index (κ1) is 21.6. The van der Waals surface area contributed by atoms with Crippen molar-refractivity contribution >= 4 is 27.3 Å². The molecular weight excluding hydrogens is 410 g/mol. The van der Waals surface area contributed by atoms with Crippen molar-refractivity contribution in [1.29, 1.82) is 0 Å². The molecule has 1 amide bonds. The lowest BCUT2D eigenvalue weighted by molar-refractivity contribution is -0.130. The minimum Gasteiger partial charge on any atom is -0.496 e. The first-order chi connectivity index (χ1) is 14.9. The van der Waals surface area contributed by atoms with Crippen LogP contribution in [0.5, 0.6) is 5.75 Å². The third kappa shape index (κ3) is 4.25. The Hall–Kier alpha value is -2.64. The van der Waals surface area contributed by atoms with Gasteiger partial charge >= 0.3 is 0 Å². The number of pyridine rings is 1. The summed E-state index contributed by atoms with van der Waals surface area (Å²) in [5.74, 6) is 0.986. The summed E-state index contributed by atoms with van der Waals surface area (Å²) in [6.07, 6.45) is 1.97. The molecule has 1 aliphatic rings. The number of ether oxygens (including phenoxy) is 1. The van der Waals surface area contributed by atoms with Crippen molar-refractivity contribution in [3.05, 3.63) is 51.3 Å². The number of thiophene rings is 1. The molecule has 1 aromatic carbocycles. The number of piperazine rings is 1. The molecule has 31 heavy (non-hydrogen) atoms. The summed E-state index contributed by atoms with van der Waals surface area (Å²) in [7, 11) is 1.68. The zero-order valence-electron chi connectivity index (χ0n) is 18.6. The lowest BCUT2D eigenvalue weighted by Crippen LogP contribution is -2.47. The molecule has 7 heteroatoms. The van der Waals surface area contributed by atoms with E-state index in [0.717, 1.165) is 65.2 Å². The molecule has 3 heterocycles. The normalized spacial score (nSPS) is 14.9. The first-order valence-electron chi connectivity index (χ1n) is 10.7. The Morgan fingerprint density at radius 2 is 1.90 bits per heavy atom. The molecule has 0 radical (unpaired) electrons. The molecule has 0 atom stereocenters. The van der Waals surface area contributed by atoms with E-state index in [1.165, 1.54) is 4.88 Å². The lowest BCUT2D eigenvalue weighted by atomic mass is 10.0. The van der Waals surface area contributed by atoms with Gasteiger partial charge < -0.3 is 14.2 Å². The number of fused-ring (bicyclic) bond motifs is 1. The van der Waals surface area contributed by atoms with E-state index in [4.69, 9.17) is 4.74 Å². The van der Waals surface area contributed by atoms with Gasteiger partial charge in [0.25, 0.3) is 5.56 Å². The van der Waals surface area contributed by atoms with Gasteiger partial charge in [-0.1, -0.05) is 12.1 Å². The minimum absolute atomic E-state index is 0.0595. The number of methoxy groups -OCH3 is 1. The van der Waals surface area contributed by atoms with Crippen LogP contribution in [0.4, 0.5) is 0 Å². The molecule has 2 aromatic heterocycles. The van der Waals surface area contributed by atoms with E-state index >= 15 is 0 Å². The Labute approximate surface area is 186 Å². The third-order valence-electron chi connectivity index (χ3n) is 6.06. The van der Waals surface area contributed by atoms with E-state index < -0.39 is 0 Å². The van der Waals surface area contributed by atoms with Gasteiger partial charge in [-0.05, 0) is 37.1 Å². The van der Waals surface area contributed by atoms with Crippen LogP contribution in [0.15, 0.2) is 35.3 Å². The van der Waals surface area contributed by atoms with E-state index in [9.17, 15) is 9.59 Å². The fraction of sp³-hybridized carbons (Fsp3) is 0.417. The summed E-state index contributed by atoms with van der Waals surface area (Å²) >= 11 is 1.69. The van der Waals surface area contributed by atoms with Gasteiger partial charge in [0, 0.05) is 67.5 Å². The monoisotopic (exact) mass is 439 g/mol. The number of aromatic nitrogens is 1. The Morgan fingerprint density at radius 3 is 2.55 bits per heavy atom. The number of aryl methyl sites for hydroxylation is 2. The van der Waals surface area contributed by atoms with Gasteiger partial charge in [-0.25, -0.2) is 0 Å². The predicted octanol–water partition coefficient (Wildman–Crippen LogP) is 3.73. The van der Waals surface area contributed by atoms with Crippen molar-refractivity contribution in [3.8, 4) is 16.9 Å². The molecule has 4 rings (SSSR count). The third-order valence-corrected chi connectivity index (χ3v) is 7.21. The van der Waals surface area contributed by atoms with Crippen LogP contribution >= 0.6 is 11.3 Å². The number of hydrogen-bond donors (Lipinski definition) is 0. The molecular formula is C24H29N3O3S. The fourth-order valence-electron chi connectivity index (χ4n) is 4.18. The average Bonchev–Trinajstić information content (AvgIpc) is 3.19. The summed E-state index contributed by atoms with van der Waals surface area (Å²) in [4.78, 5) is 30.0. The van der Waals surface area contributed by atoms with Gasteiger partial charge in [0.1, 0.15) is 5.75 Å². The Bertz CT molecular complexity index is 1170. The Kier molecular flexibility index (Phi) is 6.16. The summed E-state index contributed by atoms with van der Waals surface area (Å²) in [6.45, 7) is 10.3. The molecule has 1 saturated heterocycles. The van der Waals surface area contributed by atoms with Crippen LogP contribution in [-0.2, 0) is 17.9 Å². The number of nitrogens with zero attached hydrogens (tertiary/aromatic N) is 3. The molecule has 0 aliphatic carbocycles. The maximum absolute atomic E-state index is 13.0. The lowest BCUT2D eigenvalue weighted by Gasteiger charge is -2.33. The van der Waals surface area contributed by atoms with Crippen molar-refractivity contribution in [1.82, 2.24) is 14.4 Å². The predicted molar refractivity (Wildman–Crippen MR) is 126 cm³/mol. The summed E-state index contributed by atoms with van der Waals surface area (Å²) in [6, 6.07) is 8.26. The highest BCUT2D eigenvalue weighted by Crippen LogP contribution is 2.36. The molecule has 0 N–H and O–H groups in total. The maximum Gasteiger partial charge on any atom is 0.259 e. The zero-order valence-corrected chi connectivity index (χ0v) is 19.4. The molecule has 3 aromatic rings. The van der Waals surface area contributed by atoms with E-state index in [0.29, 0.717) is 6.54 Å². The average molecular weight is 440 g/mol. The quantitative estimate of drug-likeness (QED) is 0.608. The van der Waals surface area contributed by atoms with Crippen LogP contribution in [0, 0.1) is 6.92 Å². The number of benzene rings is 1. The Morgan fingerprint density at radius 1 is 1.16 bits per heavy atom. The summed E-state index contributed by atoms with van der Waals surface area (Å²) < 4.78 is 8.34. The second-order valence-electron chi connectivity index (χ2n) is 8.06. The van der Waals surface area contributed by atoms with Crippen molar-refractivity contribution in [2.45, 2.75) is 33.9 Å². The molecule has 164 valence electrons. The van der Waals surface area contributed by atoms with Crippen LogP contribution in [0.1, 0.15) is 24.3 Å². The zero-order chi connectivity index (χ0) is 22.1. The highest BCUT2D eigenvalue weighted by Gasteiger charge is 2.20. The molecule has 1 aliphatic heterocycles. The molecule has 0 unspecified atom stereocenters. The highest BCUT2D eigenvalue weighted by atomic mass is 32.1. The Balaban J connectivity index is 1.71. The van der Waals surface area contributed by atoms with Crippen LogP contribution in [0.2, 0.25) is 0 Å². The molecule has 0 spiro atoms. The number of hydrogen-bond acceptors (Lipinski definition) is 5. The van der Waals surface area contributed by atoms with E-state index in [1.807, 2.05) is 24.9 Å². The van der Waals surface area contributed by atoms with Crippen molar-refractivity contribution in [2.75, 3.05) is 33.3 Å². The van der Waals surface area contributed by atoms with Gasteiger partial charge in [-0.15, -0.1) is 11.3 Å². The van der Waals surface area contributed by atoms with Gasteiger partial charge in [-0.2, -0.15) is 0 Å². The van der Waals surface area contributed by atoms with Crippen molar-refractivity contribution in [3.63, 3.8) is 0 Å². The molecule has 1 fully saturated rings. The smallest absolute Gasteiger partial charge is 0.259 e. The highest BCUT2D eigenvalue weighted by molar-refractivity contribution is 7.19. The van der Waals surface area contributed by atoms with Gasteiger partial charge in [0.05, 0.1) is 12.5 Å². The van der Waals surface area contributed by atoms with Gasteiger partial charge in [-0.3, -0.25) is 14.5 Å². The number of carbonyl (C=O) groups is 1. The second kappa shape index (κ2) is 8.85. The van der Waals surface area contributed by atoms with Crippen LogP contribution in [-0.4, -0.2) is 53.6 Å². The van der Waals surface area contributed by atoms with Gasteiger partial charge in [0.15, 0.2) is 0 Å². The first-order valence-corrected chi connectivity index (χ1v) is 11.5. The number of rotatable bonds is 5. The van der Waals surface area contributed by atoms with Crippen molar-refractivity contribution < 1.29 is 9.53 Å². The summed E-state index contributed by atoms with van der Waals surface area (Å²) in [5.41, 5.74) is 3.26. The largest absolute Gasteiger partial charge is 0.496 e. The molecule has 6 nitrogen and oxygen atoms in total. The fourth-order valence-corrected chi connectivity index (χ4v) is 5.40. The minimum atomic E-state index is 0.0595. The van der Waals surface area contributed by atoms with E-state index in [2.05, 4.69) is 29.2 Å². The van der Waals surface area contributed by atoms with E-state index in [-0.39, 0.29) is 11.5 Å². The molecule has 0 saturated carbocycles. The summed E-state index contributed by atoms with van der Waals surface area (Å²) in [5, 5.41) is 0.779.